The fraction of sp³-hybridized carbons (Fsp3) is 0.714. The molecule has 1 aromatic heterocycles. The number of nitrogens with one attached hydrogen (secondary N) is 1. The molecule has 1 saturated carbocycles. The van der Waals surface area contributed by atoms with Crippen LogP contribution in [0.5, 0.6) is 0 Å². The van der Waals surface area contributed by atoms with Crippen LogP contribution in [0.1, 0.15) is 44.4 Å². The summed E-state index contributed by atoms with van der Waals surface area (Å²) in [7, 11) is 0. The first kappa shape index (κ1) is 11.3. The largest absolute Gasteiger partial charge is 0.468 e. The summed E-state index contributed by atoms with van der Waals surface area (Å²) in [5, 5.41) is 3.75. The first-order chi connectivity index (χ1) is 8.29. The van der Waals surface area contributed by atoms with Gasteiger partial charge in [-0.3, -0.25) is 4.90 Å². The van der Waals surface area contributed by atoms with Gasteiger partial charge in [-0.05, 0) is 31.9 Å². The number of furan rings is 1. The molecule has 94 valence electrons. The van der Waals surface area contributed by atoms with Crippen LogP contribution in [-0.2, 0) is 0 Å². The summed E-state index contributed by atoms with van der Waals surface area (Å²) in [4.78, 5) is 2.57. The molecule has 0 amide bonds. The van der Waals surface area contributed by atoms with Crippen molar-refractivity contribution in [2.45, 2.75) is 44.2 Å². The Hall–Kier alpha value is -0.800. The van der Waals surface area contributed by atoms with Crippen molar-refractivity contribution < 1.29 is 4.42 Å². The molecule has 1 aliphatic carbocycles. The minimum Gasteiger partial charge on any atom is -0.468 e. The van der Waals surface area contributed by atoms with Crippen molar-refractivity contribution in [1.29, 1.82) is 0 Å². The fourth-order valence-electron chi connectivity index (χ4n) is 3.41. The molecule has 1 saturated heterocycles. The highest BCUT2D eigenvalue weighted by atomic mass is 16.3. The molecule has 1 N–H and O–H groups in total. The van der Waals surface area contributed by atoms with Crippen LogP contribution in [-0.4, -0.2) is 30.1 Å². The van der Waals surface area contributed by atoms with Crippen LogP contribution in [0.4, 0.5) is 0 Å². The van der Waals surface area contributed by atoms with Gasteiger partial charge in [-0.1, -0.05) is 12.8 Å². The molecule has 1 unspecified atom stereocenters. The molecule has 3 rings (SSSR count). The van der Waals surface area contributed by atoms with Gasteiger partial charge in [0.2, 0.25) is 0 Å². The molecule has 0 bridgehead atoms. The molecule has 1 aromatic rings. The normalized spacial score (nSPS) is 26.4. The predicted octanol–water partition coefficient (Wildman–Crippen LogP) is 2.56. The molecular formula is C14H22N2O. The van der Waals surface area contributed by atoms with Gasteiger partial charge in [0.05, 0.1) is 12.3 Å². The van der Waals surface area contributed by atoms with Crippen molar-refractivity contribution in [3.05, 3.63) is 24.2 Å². The maximum atomic E-state index is 5.54. The molecule has 3 nitrogen and oxygen atoms in total. The standard InChI is InChI=1S/C14H22N2O/c1-12(13-5-4-10-17-13)16-9-8-15-14(11-16)6-2-3-7-14/h4-5,10,12,15H,2-3,6-9,11H2,1H3. The molecule has 2 aliphatic rings. The van der Waals surface area contributed by atoms with Crippen LogP contribution in [0.25, 0.3) is 0 Å². The van der Waals surface area contributed by atoms with E-state index < -0.39 is 0 Å². The van der Waals surface area contributed by atoms with Crippen molar-refractivity contribution in [3.8, 4) is 0 Å². The molecular weight excluding hydrogens is 212 g/mol. The van der Waals surface area contributed by atoms with Gasteiger partial charge in [0.25, 0.3) is 0 Å². The maximum absolute atomic E-state index is 5.54. The summed E-state index contributed by atoms with van der Waals surface area (Å²) in [6.45, 7) is 5.68. The lowest BCUT2D eigenvalue weighted by atomic mass is 9.93. The Labute approximate surface area is 103 Å². The summed E-state index contributed by atoms with van der Waals surface area (Å²) in [5.41, 5.74) is 0.402. The lowest BCUT2D eigenvalue weighted by Crippen LogP contribution is -2.59. The number of rotatable bonds is 2. The van der Waals surface area contributed by atoms with Crippen LogP contribution in [0.15, 0.2) is 22.8 Å². The van der Waals surface area contributed by atoms with E-state index in [0.717, 1.165) is 18.8 Å². The molecule has 2 fully saturated rings. The van der Waals surface area contributed by atoms with Crippen molar-refractivity contribution in [3.63, 3.8) is 0 Å². The van der Waals surface area contributed by atoms with Gasteiger partial charge in [0.15, 0.2) is 0 Å². The maximum Gasteiger partial charge on any atom is 0.120 e. The Morgan fingerprint density at radius 3 is 2.94 bits per heavy atom. The molecule has 0 aromatic carbocycles. The first-order valence-electron chi connectivity index (χ1n) is 6.82. The highest BCUT2D eigenvalue weighted by Crippen LogP contribution is 2.34. The molecule has 17 heavy (non-hydrogen) atoms. The van der Waals surface area contributed by atoms with Crippen LogP contribution in [0, 0.1) is 0 Å². The zero-order valence-electron chi connectivity index (χ0n) is 10.6. The van der Waals surface area contributed by atoms with E-state index in [1.807, 2.05) is 6.07 Å². The molecule has 2 heterocycles. The molecule has 1 aliphatic heterocycles. The van der Waals surface area contributed by atoms with Crippen LogP contribution in [0.3, 0.4) is 0 Å². The van der Waals surface area contributed by atoms with Gasteiger partial charge in [-0.15, -0.1) is 0 Å². The van der Waals surface area contributed by atoms with Crippen molar-refractivity contribution in [2.75, 3.05) is 19.6 Å². The Morgan fingerprint density at radius 2 is 2.24 bits per heavy atom. The van der Waals surface area contributed by atoms with E-state index in [1.165, 1.54) is 32.2 Å². The van der Waals surface area contributed by atoms with Crippen LogP contribution < -0.4 is 5.32 Å². The topological polar surface area (TPSA) is 28.4 Å². The Morgan fingerprint density at radius 1 is 1.41 bits per heavy atom. The van der Waals surface area contributed by atoms with E-state index in [2.05, 4.69) is 23.2 Å². The van der Waals surface area contributed by atoms with Gasteiger partial charge in [-0.2, -0.15) is 0 Å². The van der Waals surface area contributed by atoms with Crippen molar-refractivity contribution in [1.82, 2.24) is 10.2 Å². The third-order valence-corrected chi connectivity index (χ3v) is 4.47. The average molecular weight is 234 g/mol. The second-order valence-electron chi connectivity index (χ2n) is 5.58. The van der Waals surface area contributed by atoms with Crippen molar-refractivity contribution >= 4 is 0 Å². The molecule has 3 heteroatoms. The third-order valence-electron chi connectivity index (χ3n) is 4.47. The zero-order valence-corrected chi connectivity index (χ0v) is 10.6. The molecule has 0 radical (unpaired) electrons. The van der Waals surface area contributed by atoms with E-state index in [0.29, 0.717) is 11.6 Å². The molecule has 1 atom stereocenters. The number of piperazine rings is 1. The van der Waals surface area contributed by atoms with E-state index >= 15 is 0 Å². The van der Waals surface area contributed by atoms with Gasteiger partial charge < -0.3 is 9.73 Å². The lowest BCUT2D eigenvalue weighted by Gasteiger charge is -2.43. The fourth-order valence-corrected chi connectivity index (χ4v) is 3.41. The van der Waals surface area contributed by atoms with E-state index in [-0.39, 0.29) is 0 Å². The monoisotopic (exact) mass is 234 g/mol. The highest BCUT2D eigenvalue weighted by molar-refractivity contribution is 5.06. The van der Waals surface area contributed by atoms with Crippen LogP contribution >= 0.6 is 0 Å². The van der Waals surface area contributed by atoms with Crippen molar-refractivity contribution in [2.24, 2.45) is 0 Å². The second-order valence-corrected chi connectivity index (χ2v) is 5.58. The summed E-state index contributed by atoms with van der Waals surface area (Å²) in [5.74, 6) is 1.10. The Bertz CT molecular complexity index is 354. The Kier molecular flexibility index (Phi) is 2.97. The van der Waals surface area contributed by atoms with E-state index in [1.54, 1.807) is 6.26 Å². The minimum absolute atomic E-state index is 0.402. The summed E-state index contributed by atoms with van der Waals surface area (Å²) in [6.07, 6.45) is 7.23. The van der Waals surface area contributed by atoms with E-state index in [4.69, 9.17) is 4.42 Å². The van der Waals surface area contributed by atoms with Gasteiger partial charge in [0, 0.05) is 25.2 Å². The van der Waals surface area contributed by atoms with Gasteiger partial charge in [0.1, 0.15) is 5.76 Å². The average Bonchev–Trinajstić information content (AvgIpc) is 3.00. The lowest BCUT2D eigenvalue weighted by molar-refractivity contribution is 0.0912. The van der Waals surface area contributed by atoms with E-state index in [9.17, 15) is 0 Å². The SMILES string of the molecule is CC(c1ccco1)N1CCNC2(CCCC2)C1. The predicted molar refractivity (Wildman–Crippen MR) is 67.9 cm³/mol. The van der Waals surface area contributed by atoms with Gasteiger partial charge >= 0.3 is 0 Å². The zero-order chi connectivity index (χ0) is 11.7. The smallest absolute Gasteiger partial charge is 0.120 e. The number of nitrogens with zero attached hydrogens (tertiary/aromatic N) is 1. The van der Waals surface area contributed by atoms with Gasteiger partial charge in [-0.25, -0.2) is 0 Å². The number of hydrogen-bond acceptors (Lipinski definition) is 3. The first-order valence-corrected chi connectivity index (χ1v) is 6.82. The minimum atomic E-state index is 0.402. The summed E-state index contributed by atoms with van der Waals surface area (Å²) in [6, 6.07) is 4.48. The number of hydrogen-bond donors (Lipinski definition) is 1. The second kappa shape index (κ2) is 4.46. The van der Waals surface area contributed by atoms with Crippen LogP contribution in [0.2, 0.25) is 0 Å². The summed E-state index contributed by atoms with van der Waals surface area (Å²) < 4.78 is 5.54. The quantitative estimate of drug-likeness (QED) is 0.852. The molecule has 1 spiro atoms. The summed E-state index contributed by atoms with van der Waals surface area (Å²) >= 11 is 0. The highest BCUT2D eigenvalue weighted by Gasteiger charge is 2.39. The Balaban J connectivity index is 1.71. The third kappa shape index (κ3) is 2.14.